The predicted molar refractivity (Wildman–Crippen MR) is 126 cm³/mol. The maximum atomic E-state index is 15.0. The second-order valence-corrected chi connectivity index (χ2v) is 11.0. The van der Waals surface area contributed by atoms with Crippen molar-refractivity contribution in [3.05, 3.63) is 58.2 Å². The van der Waals surface area contributed by atoms with Crippen molar-refractivity contribution >= 4 is 12.1 Å². The lowest BCUT2D eigenvalue weighted by Gasteiger charge is -2.56. The van der Waals surface area contributed by atoms with Crippen LogP contribution in [0.1, 0.15) is 68.9 Å². The summed E-state index contributed by atoms with van der Waals surface area (Å²) in [7, 11) is 0. The molecular weight excluding hydrogens is 491 g/mol. The molecule has 0 unspecified atom stereocenters. The van der Waals surface area contributed by atoms with E-state index < -0.39 is 41.4 Å². The molecule has 5 atom stereocenters. The maximum Gasteiger partial charge on any atom is 0.456 e. The molecule has 2 saturated carbocycles. The fourth-order valence-corrected chi connectivity index (χ4v) is 7.63. The highest BCUT2D eigenvalue weighted by atomic mass is 19.4. The number of fused-ring (bicyclic) bond motifs is 4. The molecule has 8 heteroatoms. The Morgan fingerprint density at radius 1 is 1.05 bits per heavy atom. The summed E-state index contributed by atoms with van der Waals surface area (Å²) in [5.74, 6) is -1.52. The minimum atomic E-state index is -5.88. The summed E-state index contributed by atoms with van der Waals surface area (Å²) in [6.07, 6.45) is -2.45. The summed E-state index contributed by atoms with van der Waals surface area (Å²) in [6, 6.07) is 6.90. The maximum absolute atomic E-state index is 15.0. The highest BCUT2D eigenvalue weighted by molar-refractivity contribution is 5.93. The zero-order valence-electron chi connectivity index (χ0n) is 20.3. The standard InChI is InChI=1S/C29H27F5O3/c1-26-16-23(18-6-4-17(5-7-18)3-2-14-35)25-21-11-9-20(36)15-19(21)8-10-22(25)24(26)12-13-27(26,37)28(30,31)29(32,33)34/h4-7,14-15,22-24,37H,8-13,16H2,1H3/t22-,23+,24-,26-,27-/m0/s1. The van der Waals surface area contributed by atoms with E-state index in [1.54, 1.807) is 30.3 Å². The van der Waals surface area contributed by atoms with E-state index in [1.165, 1.54) is 6.92 Å². The molecule has 1 N–H and O–H groups in total. The number of allylic oxidation sites excluding steroid dienone is 4. The third-order valence-corrected chi connectivity index (χ3v) is 9.35. The van der Waals surface area contributed by atoms with Gasteiger partial charge in [-0.3, -0.25) is 9.59 Å². The van der Waals surface area contributed by atoms with Crippen LogP contribution in [0.3, 0.4) is 0 Å². The highest BCUT2D eigenvalue weighted by Gasteiger charge is 2.79. The lowest BCUT2D eigenvalue weighted by atomic mass is 9.50. The topological polar surface area (TPSA) is 54.4 Å². The van der Waals surface area contributed by atoms with Gasteiger partial charge in [0.25, 0.3) is 0 Å². The number of hydrogen-bond donors (Lipinski definition) is 1. The van der Waals surface area contributed by atoms with Gasteiger partial charge in [0.1, 0.15) is 5.60 Å². The van der Waals surface area contributed by atoms with Crippen LogP contribution in [-0.2, 0) is 9.59 Å². The van der Waals surface area contributed by atoms with E-state index >= 15 is 0 Å². The molecule has 1 aromatic rings. The summed E-state index contributed by atoms with van der Waals surface area (Å²) >= 11 is 0. The van der Waals surface area contributed by atoms with Gasteiger partial charge in [-0.1, -0.05) is 30.6 Å². The van der Waals surface area contributed by atoms with Gasteiger partial charge in [-0.05, 0) is 91.2 Å². The molecular formula is C29H27F5O3. The largest absolute Gasteiger partial charge is 0.456 e. The number of halogens is 5. The van der Waals surface area contributed by atoms with Gasteiger partial charge in [-0.15, -0.1) is 0 Å². The Morgan fingerprint density at radius 3 is 2.41 bits per heavy atom. The molecule has 0 aliphatic heterocycles. The average molecular weight is 519 g/mol. The molecule has 0 radical (unpaired) electrons. The fraction of sp³-hybridized carbons (Fsp3) is 0.517. The quantitative estimate of drug-likeness (QED) is 0.294. The number of hydrogen-bond acceptors (Lipinski definition) is 3. The molecule has 4 aliphatic rings. The number of carbonyl (C=O) groups excluding carboxylic acids is 2. The van der Waals surface area contributed by atoms with Crippen LogP contribution in [0.25, 0.3) is 0 Å². The Kier molecular flexibility index (Phi) is 6.02. The first-order valence-electron chi connectivity index (χ1n) is 12.5. The molecule has 1 aromatic carbocycles. The van der Waals surface area contributed by atoms with Gasteiger partial charge in [0, 0.05) is 23.3 Å². The number of aldehydes is 1. The predicted octanol–water partition coefficient (Wildman–Crippen LogP) is 6.07. The van der Waals surface area contributed by atoms with Crippen molar-refractivity contribution in [2.75, 3.05) is 0 Å². The van der Waals surface area contributed by atoms with E-state index in [0.29, 0.717) is 37.5 Å². The number of benzene rings is 1. The molecule has 37 heavy (non-hydrogen) atoms. The Bertz CT molecular complexity index is 1260. The molecule has 5 rings (SSSR count). The van der Waals surface area contributed by atoms with E-state index in [0.717, 1.165) is 22.3 Å². The zero-order chi connectivity index (χ0) is 26.8. The second kappa shape index (κ2) is 8.62. The van der Waals surface area contributed by atoms with Gasteiger partial charge >= 0.3 is 12.1 Å². The number of ketones is 1. The van der Waals surface area contributed by atoms with Crippen LogP contribution >= 0.6 is 0 Å². The third-order valence-electron chi connectivity index (χ3n) is 9.35. The van der Waals surface area contributed by atoms with Gasteiger partial charge < -0.3 is 5.11 Å². The fourth-order valence-electron chi connectivity index (χ4n) is 7.63. The van der Waals surface area contributed by atoms with Crippen molar-refractivity contribution in [3.63, 3.8) is 0 Å². The summed E-state index contributed by atoms with van der Waals surface area (Å²) in [5.41, 5.74) is -0.661. The second-order valence-electron chi connectivity index (χ2n) is 11.0. The number of rotatable bonds is 2. The van der Waals surface area contributed by atoms with Gasteiger partial charge in [0.2, 0.25) is 0 Å². The van der Waals surface area contributed by atoms with E-state index in [2.05, 4.69) is 11.8 Å². The molecule has 0 heterocycles. The van der Waals surface area contributed by atoms with Crippen molar-refractivity contribution in [1.82, 2.24) is 0 Å². The van der Waals surface area contributed by atoms with Gasteiger partial charge in [0.05, 0.1) is 0 Å². The lowest BCUT2D eigenvalue weighted by molar-refractivity contribution is -0.362. The minimum absolute atomic E-state index is 0.0353. The number of aliphatic hydroxyl groups is 1. The van der Waals surface area contributed by atoms with Crippen LogP contribution in [0.2, 0.25) is 0 Å². The Labute approximate surface area is 211 Å². The van der Waals surface area contributed by atoms with Crippen LogP contribution in [0.4, 0.5) is 22.0 Å². The summed E-state index contributed by atoms with van der Waals surface area (Å²) in [4.78, 5) is 22.7. The summed E-state index contributed by atoms with van der Waals surface area (Å²) in [5, 5.41) is 11.3. The number of alkyl halides is 5. The van der Waals surface area contributed by atoms with Gasteiger partial charge in [-0.25, -0.2) is 0 Å². The van der Waals surface area contributed by atoms with Crippen LogP contribution in [0.15, 0.2) is 47.1 Å². The monoisotopic (exact) mass is 518 g/mol. The van der Waals surface area contributed by atoms with E-state index in [1.807, 2.05) is 0 Å². The van der Waals surface area contributed by atoms with Gasteiger partial charge in [-0.2, -0.15) is 22.0 Å². The minimum Gasteiger partial charge on any atom is -0.383 e. The Hall–Kier alpha value is -2.79. The molecule has 0 bridgehead atoms. The number of carbonyl (C=O) groups is 2. The summed E-state index contributed by atoms with van der Waals surface area (Å²) < 4.78 is 70.9. The van der Waals surface area contributed by atoms with Crippen molar-refractivity contribution in [2.45, 2.75) is 75.5 Å². The Balaban J connectivity index is 1.67. The van der Waals surface area contributed by atoms with Gasteiger partial charge in [0.15, 0.2) is 12.1 Å². The van der Waals surface area contributed by atoms with Crippen LogP contribution in [0.5, 0.6) is 0 Å². The molecule has 4 aliphatic carbocycles. The Morgan fingerprint density at radius 2 is 1.76 bits per heavy atom. The smallest absolute Gasteiger partial charge is 0.383 e. The normalized spacial score (nSPS) is 33.5. The van der Waals surface area contributed by atoms with Crippen LogP contribution in [0, 0.1) is 29.1 Å². The van der Waals surface area contributed by atoms with Crippen molar-refractivity contribution in [2.24, 2.45) is 17.3 Å². The molecule has 2 fully saturated rings. The summed E-state index contributed by atoms with van der Waals surface area (Å²) in [6.45, 7) is 1.40. The first-order valence-corrected chi connectivity index (χ1v) is 12.5. The van der Waals surface area contributed by atoms with Crippen molar-refractivity contribution < 1.29 is 36.6 Å². The van der Waals surface area contributed by atoms with E-state index in [-0.39, 0.29) is 24.5 Å². The van der Waals surface area contributed by atoms with Crippen LogP contribution in [-0.4, -0.2) is 34.9 Å². The first kappa shape index (κ1) is 25.8. The molecule has 0 saturated heterocycles. The first-order chi connectivity index (χ1) is 17.3. The molecule has 0 amide bonds. The van der Waals surface area contributed by atoms with E-state index in [4.69, 9.17) is 0 Å². The van der Waals surface area contributed by atoms with Crippen LogP contribution < -0.4 is 0 Å². The molecule has 0 aromatic heterocycles. The van der Waals surface area contributed by atoms with Crippen molar-refractivity contribution in [1.29, 1.82) is 0 Å². The SMILES string of the molecule is C[C@]12C[C@H](c3ccc(C#CC=O)cc3)C3=C4CCC(=O)C=C4CC[C@H]3[C@@H]1CC[C@@]2(O)C(F)(F)C(F)(F)F. The molecule has 0 spiro atoms. The zero-order valence-corrected chi connectivity index (χ0v) is 20.3. The van der Waals surface area contributed by atoms with Crippen molar-refractivity contribution in [3.8, 4) is 11.8 Å². The lowest BCUT2D eigenvalue weighted by Crippen LogP contribution is -2.65. The molecule has 196 valence electrons. The van der Waals surface area contributed by atoms with E-state index in [9.17, 15) is 36.6 Å². The third kappa shape index (κ3) is 3.72. The highest BCUT2D eigenvalue weighted by Crippen LogP contribution is 2.70. The average Bonchev–Trinajstić information content (AvgIpc) is 3.13. The molecule has 3 nitrogen and oxygen atoms in total.